The SMILES string of the molecule is CC1C=CC2CC1(OO)C2(C)C. The summed E-state index contributed by atoms with van der Waals surface area (Å²) in [5.41, 5.74) is -0.220. The Morgan fingerprint density at radius 3 is 2.42 bits per heavy atom. The van der Waals surface area contributed by atoms with Crippen LogP contribution in [0.25, 0.3) is 0 Å². The third kappa shape index (κ3) is 0.639. The molecule has 0 aromatic rings. The van der Waals surface area contributed by atoms with Crippen LogP contribution in [-0.4, -0.2) is 10.9 Å². The van der Waals surface area contributed by atoms with Crippen molar-refractivity contribution in [1.82, 2.24) is 0 Å². The summed E-state index contributed by atoms with van der Waals surface area (Å²) < 4.78 is 0. The van der Waals surface area contributed by atoms with E-state index in [1.807, 2.05) is 0 Å². The summed E-state index contributed by atoms with van der Waals surface area (Å²) in [7, 11) is 0. The zero-order valence-electron chi connectivity index (χ0n) is 7.87. The molecule has 2 nitrogen and oxygen atoms in total. The van der Waals surface area contributed by atoms with Crippen molar-refractivity contribution in [3.05, 3.63) is 12.2 Å². The summed E-state index contributed by atoms with van der Waals surface area (Å²) in [4.78, 5) is 4.72. The lowest BCUT2D eigenvalue weighted by molar-refractivity contribution is -0.402. The van der Waals surface area contributed by atoms with Crippen molar-refractivity contribution in [1.29, 1.82) is 0 Å². The predicted octanol–water partition coefficient (Wildman–Crippen LogP) is 2.47. The van der Waals surface area contributed by atoms with Crippen LogP contribution in [0, 0.1) is 17.3 Å². The molecule has 0 amide bonds. The van der Waals surface area contributed by atoms with Gasteiger partial charge in [-0.3, -0.25) is 5.26 Å². The van der Waals surface area contributed by atoms with Gasteiger partial charge < -0.3 is 0 Å². The molecular weight excluding hydrogens is 152 g/mol. The highest BCUT2D eigenvalue weighted by molar-refractivity contribution is 5.25. The molecule has 0 aromatic heterocycles. The van der Waals surface area contributed by atoms with E-state index in [4.69, 9.17) is 10.1 Å². The normalized spacial score (nSPS) is 48.7. The van der Waals surface area contributed by atoms with E-state index < -0.39 is 0 Å². The highest BCUT2D eigenvalue weighted by Crippen LogP contribution is 2.62. The van der Waals surface area contributed by atoms with Gasteiger partial charge in [-0.2, -0.15) is 0 Å². The van der Waals surface area contributed by atoms with E-state index >= 15 is 0 Å². The number of fused-ring (bicyclic) bond motifs is 1. The van der Waals surface area contributed by atoms with E-state index in [9.17, 15) is 0 Å². The second-order valence-electron chi connectivity index (χ2n) is 4.69. The third-order valence-corrected chi connectivity index (χ3v) is 4.07. The van der Waals surface area contributed by atoms with Crippen molar-refractivity contribution < 1.29 is 10.1 Å². The Morgan fingerprint density at radius 2 is 2.08 bits per heavy atom. The maximum Gasteiger partial charge on any atom is 0.115 e. The van der Waals surface area contributed by atoms with Gasteiger partial charge in [-0.05, 0) is 12.3 Å². The highest BCUT2D eigenvalue weighted by Gasteiger charge is 2.64. The minimum atomic E-state index is -0.313. The van der Waals surface area contributed by atoms with Crippen LogP contribution in [0.2, 0.25) is 0 Å². The lowest BCUT2D eigenvalue weighted by Crippen LogP contribution is -2.66. The van der Waals surface area contributed by atoms with Crippen LogP contribution in [-0.2, 0) is 4.89 Å². The average molecular weight is 168 g/mol. The number of hydrogen-bond donors (Lipinski definition) is 1. The highest BCUT2D eigenvalue weighted by atomic mass is 17.1. The van der Waals surface area contributed by atoms with E-state index in [0.717, 1.165) is 6.42 Å². The molecule has 0 aliphatic heterocycles. The van der Waals surface area contributed by atoms with Gasteiger partial charge in [0.1, 0.15) is 5.60 Å². The zero-order chi connectivity index (χ0) is 8.98. The fraction of sp³-hybridized carbons (Fsp3) is 0.800. The fourth-order valence-electron chi connectivity index (χ4n) is 2.80. The van der Waals surface area contributed by atoms with Gasteiger partial charge in [0.15, 0.2) is 0 Å². The van der Waals surface area contributed by atoms with Crippen LogP contribution in [0.4, 0.5) is 0 Å². The van der Waals surface area contributed by atoms with Crippen LogP contribution >= 0.6 is 0 Å². The van der Waals surface area contributed by atoms with E-state index in [2.05, 4.69) is 32.9 Å². The molecule has 3 aliphatic rings. The first kappa shape index (κ1) is 8.27. The minimum absolute atomic E-state index is 0.0932. The van der Waals surface area contributed by atoms with Crippen LogP contribution in [0.15, 0.2) is 12.2 Å². The average Bonchev–Trinajstić information content (AvgIpc) is 2.04. The van der Waals surface area contributed by atoms with Crippen molar-refractivity contribution in [3.8, 4) is 0 Å². The van der Waals surface area contributed by atoms with Crippen molar-refractivity contribution in [2.45, 2.75) is 32.8 Å². The smallest absolute Gasteiger partial charge is 0.115 e. The Hall–Kier alpha value is -0.340. The Kier molecular flexibility index (Phi) is 1.46. The molecule has 68 valence electrons. The van der Waals surface area contributed by atoms with Crippen LogP contribution in [0.3, 0.4) is 0 Å². The topological polar surface area (TPSA) is 29.5 Å². The Balaban J connectivity index is 2.39. The van der Waals surface area contributed by atoms with Gasteiger partial charge in [0.25, 0.3) is 0 Å². The molecule has 3 unspecified atom stereocenters. The predicted molar refractivity (Wildman–Crippen MR) is 46.6 cm³/mol. The maximum absolute atomic E-state index is 8.96. The molecule has 1 N–H and O–H groups in total. The molecule has 1 saturated carbocycles. The first-order valence-electron chi connectivity index (χ1n) is 4.55. The van der Waals surface area contributed by atoms with Gasteiger partial charge in [-0.15, -0.1) is 0 Å². The van der Waals surface area contributed by atoms with Gasteiger partial charge in [-0.1, -0.05) is 32.9 Å². The molecule has 2 bridgehead atoms. The maximum atomic E-state index is 8.96. The van der Waals surface area contributed by atoms with E-state index in [-0.39, 0.29) is 11.0 Å². The summed E-state index contributed by atoms with van der Waals surface area (Å²) in [6, 6.07) is 0. The first-order valence-corrected chi connectivity index (χ1v) is 4.55. The second-order valence-corrected chi connectivity index (χ2v) is 4.69. The summed E-state index contributed by atoms with van der Waals surface area (Å²) >= 11 is 0. The third-order valence-electron chi connectivity index (χ3n) is 4.07. The Labute approximate surface area is 73.2 Å². The molecule has 3 aliphatic carbocycles. The Morgan fingerprint density at radius 1 is 1.42 bits per heavy atom. The lowest BCUT2D eigenvalue weighted by Gasteiger charge is -2.63. The van der Waals surface area contributed by atoms with Crippen LogP contribution < -0.4 is 0 Å². The fourth-order valence-corrected chi connectivity index (χ4v) is 2.80. The first-order chi connectivity index (χ1) is 5.54. The monoisotopic (exact) mass is 168 g/mol. The summed E-state index contributed by atoms with van der Waals surface area (Å²) in [6.45, 7) is 6.43. The number of rotatable bonds is 1. The lowest BCUT2D eigenvalue weighted by atomic mass is 9.45. The summed E-state index contributed by atoms with van der Waals surface area (Å²) in [6.07, 6.45) is 5.37. The standard InChI is InChI=1S/C10H16O2/c1-7-4-5-8-6-10(7,12-11)9(8,2)3/h4-5,7-8,11H,6H2,1-3H3. The quantitative estimate of drug-likeness (QED) is 0.370. The Bertz CT molecular complexity index is 232. The van der Waals surface area contributed by atoms with Gasteiger partial charge in [-0.25, -0.2) is 4.89 Å². The van der Waals surface area contributed by atoms with Crippen LogP contribution in [0.5, 0.6) is 0 Å². The van der Waals surface area contributed by atoms with E-state index in [1.165, 1.54) is 0 Å². The van der Waals surface area contributed by atoms with Gasteiger partial charge in [0.2, 0.25) is 0 Å². The van der Waals surface area contributed by atoms with Crippen molar-refractivity contribution in [3.63, 3.8) is 0 Å². The molecule has 0 spiro atoms. The molecule has 0 saturated heterocycles. The molecule has 3 atom stereocenters. The molecule has 2 heteroatoms. The minimum Gasteiger partial charge on any atom is -0.251 e. The van der Waals surface area contributed by atoms with Crippen molar-refractivity contribution in [2.24, 2.45) is 17.3 Å². The van der Waals surface area contributed by atoms with Crippen LogP contribution in [0.1, 0.15) is 27.2 Å². The second kappa shape index (κ2) is 2.12. The zero-order valence-corrected chi connectivity index (χ0v) is 7.87. The van der Waals surface area contributed by atoms with Crippen molar-refractivity contribution in [2.75, 3.05) is 0 Å². The molecule has 0 aromatic carbocycles. The largest absolute Gasteiger partial charge is 0.251 e. The summed E-state index contributed by atoms with van der Waals surface area (Å²) in [5, 5.41) is 8.96. The van der Waals surface area contributed by atoms with Gasteiger partial charge >= 0.3 is 0 Å². The van der Waals surface area contributed by atoms with Gasteiger partial charge in [0.05, 0.1) is 0 Å². The molecule has 12 heavy (non-hydrogen) atoms. The van der Waals surface area contributed by atoms with E-state index in [1.54, 1.807) is 0 Å². The number of hydrogen-bond acceptors (Lipinski definition) is 2. The molecule has 3 rings (SSSR count). The molecule has 1 fully saturated rings. The summed E-state index contributed by atoms with van der Waals surface area (Å²) in [5.74, 6) is 0.906. The van der Waals surface area contributed by atoms with Crippen molar-refractivity contribution >= 4 is 0 Å². The molecular formula is C10H16O2. The number of allylic oxidation sites excluding steroid dienone is 1. The van der Waals surface area contributed by atoms with Gasteiger partial charge in [0, 0.05) is 11.3 Å². The molecule has 0 heterocycles. The molecule has 0 radical (unpaired) electrons. The van der Waals surface area contributed by atoms with E-state index in [0.29, 0.717) is 11.8 Å².